The summed E-state index contributed by atoms with van der Waals surface area (Å²) in [5, 5.41) is 8.48. The zero-order chi connectivity index (χ0) is 22.7. The van der Waals surface area contributed by atoms with Gasteiger partial charge in [-0.1, -0.05) is 24.8 Å². The molecule has 0 fully saturated rings. The highest BCUT2D eigenvalue weighted by atomic mass is 16.1. The summed E-state index contributed by atoms with van der Waals surface area (Å²) in [6, 6.07) is 12.5. The predicted octanol–water partition coefficient (Wildman–Crippen LogP) is 2.86. The number of rotatable bonds is 6. The molecule has 2 aromatic carbocycles. The van der Waals surface area contributed by atoms with Gasteiger partial charge in [-0.3, -0.25) is 14.5 Å². The minimum Gasteiger partial charge on any atom is -0.399 e. The number of hydrogen-bond donors (Lipinski definition) is 4. The van der Waals surface area contributed by atoms with E-state index in [2.05, 4.69) is 17.0 Å². The van der Waals surface area contributed by atoms with Gasteiger partial charge in [0, 0.05) is 41.5 Å². The summed E-state index contributed by atoms with van der Waals surface area (Å²) in [4.78, 5) is 12.8. The second-order valence-corrected chi connectivity index (χ2v) is 7.32. The summed E-state index contributed by atoms with van der Waals surface area (Å²) in [6.45, 7) is 7.56. The van der Waals surface area contributed by atoms with Gasteiger partial charge in [-0.2, -0.15) is 5.10 Å². The Labute approximate surface area is 181 Å². The normalized spacial score (nSPS) is 11.3. The van der Waals surface area contributed by atoms with Gasteiger partial charge in [0.05, 0.1) is 17.6 Å². The molecule has 0 saturated carbocycles. The Morgan fingerprint density at radius 3 is 2.55 bits per heavy atom. The quantitative estimate of drug-likeness (QED) is 0.361. The fourth-order valence-corrected chi connectivity index (χ4v) is 3.10. The molecule has 1 aromatic heterocycles. The largest absolute Gasteiger partial charge is 0.399 e. The third-order valence-corrected chi connectivity index (χ3v) is 5.07. The first-order chi connectivity index (χ1) is 14.7. The van der Waals surface area contributed by atoms with Crippen LogP contribution in [0.2, 0.25) is 0 Å². The average molecular weight is 418 g/mol. The van der Waals surface area contributed by atoms with Gasteiger partial charge in [-0.25, -0.2) is 5.84 Å². The highest BCUT2D eigenvalue weighted by Crippen LogP contribution is 2.23. The number of nitrogens with zero attached hydrogens (tertiary/aromatic N) is 3. The van der Waals surface area contributed by atoms with Crippen molar-refractivity contribution in [2.75, 3.05) is 10.3 Å². The molecule has 7 N–H and O–H groups in total. The predicted molar refractivity (Wildman–Crippen MR) is 126 cm³/mol. The SMILES string of the molecule is C=C(N)c1cccc(NC(=O)c2ccc(C)c(N(N)/C=C(\N)c3cnn(C)c3C)c2)c1. The van der Waals surface area contributed by atoms with Crippen LogP contribution < -0.4 is 27.6 Å². The monoisotopic (exact) mass is 417 g/mol. The zero-order valence-electron chi connectivity index (χ0n) is 17.9. The van der Waals surface area contributed by atoms with Crippen LogP contribution in [0, 0.1) is 13.8 Å². The molecule has 0 unspecified atom stereocenters. The Morgan fingerprint density at radius 1 is 1.16 bits per heavy atom. The topological polar surface area (TPSA) is 128 Å². The third kappa shape index (κ3) is 4.76. The molecule has 0 bridgehead atoms. The van der Waals surface area contributed by atoms with Gasteiger partial charge in [0.2, 0.25) is 0 Å². The fourth-order valence-electron chi connectivity index (χ4n) is 3.10. The van der Waals surface area contributed by atoms with Crippen LogP contribution in [0.4, 0.5) is 11.4 Å². The summed E-state index contributed by atoms with van der Waals surface area (Å²) in [7, 11) is 1.84. The van der Waals surface area contributed by atoms with E-state index in [4.69, 9.17) is 17.3 Å². The number of aromatic nitrogens is 2. The van der Waals surface area contributed by atoms with Crippen molar-refractivity contribution < 1.29 is 4.79 Å². The van der Waals surface area contributed by atoms with E-state index in [1.54, 1.807) is 47.4 Å². The van der Waals surface area contributed by atoms with Crippen molar-refractivity contribution in [3.05, 3.63) is 89.4 Å². The van der Waals surface area contributed by atoms with E-state index in [0.717, 1.165) is 22.4 Å². The van der Waals surface area contributed by atoms with Crippen molar-refractivity contribution in [1.29, 1.82) is 0 Å². The molecule has 0 aliphatic rings. The first-order valence-corrected chi connectivity index (χ1v) is 9.64. The van der Waals surface area contributed by atoms with E-state index < -0.39 is 0 Å². The second-order valence-electron chi connectivity index (χ2n) is 7.32. The number of hydrogen-bond acceptors (Lipinski definition) is 6. The molecule has 0 atom stereocenters. The van der Waals surface area contributed by atoms with E-state index in [1.165, 1.54) is 5.01 Å². The van der Waals surface area contributed by atoms with E-state index in [0.29, 0.717) is 28.3 Å². The molecular weight excluding hydrogens is 390 g/mol. The lowest BCUT2D eigenvalue weighted by Gasteiger charge is -2.19. The van der Waals surface area contributed by atoms with E-state index >= 15 is 0 Å². The van der Waals surface area contributed by atoms with Crippen LogP contribution in [0.3, 0.4) is 0 Å². The lowest BCUT2D eigenvalue weighted by atomic mass is 10.1. The van der Waals surface area contributed by atoms with Crippen LogP contribution in [0.25, 0.3) is 11.4 Å². The number of nitrogens with one attached hydrogen (secondary N) is 1. The van der Waals surface area contributed by atoms with Crippen LogP contribution in [0.15, 0.2) is 61.4 Å². The van der Waals surface area contributed by atoms with Gasteiger partial charge in [0.25, 0.3) is 5.91 Å². The molecule has 31 heavy (non-hydrogen) atoms. The number of anilines is 2. The molecule has 0 aliphatic carbocycles. The summed E-state index contributed by atoms with van der Waals surface area (Å²) in [6.07, 6.45) is 3.31. The van der Waals surface area contributed by atoms with Gasteiger partial charge < -0.3 is 16.8 Å². The van der Waals surface area contributed by atoms with Crippen LogP contribution >= 0.6 is 0 Å². The zero-order valence-corrected chi connectivity index (χ0v) is 17.9. The van der Waals surface area contributed by atoms with Crippen molar-refractivity contribution in [1.82, 2.24) is 9.78 Å². The number of carbonyl (C=O) groups is 1. The van der Waals surface area contributed by atoms with Gasteiger partial charge in [-0.15, -0.1) is 0 Å². The Balaban J connectivity index is 1.84. The molecule has 0 saturated heterocycles. The first kappa shape index (κ1) is 21.7. The van der Waals surface area contributed by atoms with Crippen molar-refractivity contribution in [2.45, 2.75) is 13.8 Å². The van der Waals surface area contributed by atoms with Crippen molar-refractivity contribution >= 4 is 28.7 Å². The minimum absolute atomic E-state index is 0.269. The molecule has 0 radical (unpaired) electrons. The summed E-state index contributed by atoms with van der Waals surface area (Å²) < 4.78 is 1.74. The van der Waals surface area contributed by atoms with Crippen LogP contribution in [-0.2, 0) is 7.05 Å². The van der Waals surface area contributed by atoms with E-state index in [9.17, 15) is 4.79 Å². The maximum Gasteiger partial charge on any atom is 0.255 e. The Hall–Kier alpha value is -4.04. The van der Waals surface area contributed by atoms with Gasteiger partial charge >= 0.3 is 0 Å². The van der Waals surface area contributed by atoms with Gasteiger partial charge in [0.15, 0.2) is 0 Å². The number of aryl methyl sites for hydroxylation is 2. The summed E-state index contributed by atoms with van der Waals surface area (Å²) in [5.74, 6) is 5.99. The smallest absolute Gasteiger partial charge is 0.255 e. The second kappa shape index (κ2) is 8.76. The van der Waals surface area contributed by atoms with Crippen molar-refractivity contribution in [3.63, 3.8) is 0 Å². The van der Waals surface area contributed by atoms with E-state index in [-0.39, 0.29) is 5.91 Å². The molecule has 3 rings (SSSR count). The van der Waals surface area contributed by atoms with Crippen LogP contribution in [0.5, 0.6) is 0 Å². The van der Waals surface area contributed by atoms with Crippen molar-refractivity contribution in [2.24, 2.45) is 24.4 Å². The summed E-state index contributed by atoms with van der Waals surface area (Å²) >= 11 is 0. The third-order valence-electron chi connectivity index (χ3n) is 5.07. The molecule has 8 heteroatoms. The number of benzene rings is 2. The molecule has 0 aliphatic heterocycles. The van der Waals surface area contributed by atoms with E-state index in [1.807, 2.05) is 33.0 Å². The molecule has 0 spiro atoms. The minimum atomic E-state index is -0.269. The average Bonchev–Trinajstić information content (AvgIpc) is 3.07. The maximum absolute atomic E-state index is 12.8. The fraction of sp³-hybridized carbons (Fsp3) is 0.130. The van der Waals surface area contributed by atoms with Gasteiger partial charge in [0.1, 0.15) is 0 Å². The lowest BCUT2D eigenvalue weighted by molar-refractivity contribution is 0.102. The number of nitrogens with two attached hydrogens (primary N) is 3. The first-order valence-electron chi connectivity index (χ1n) is 9.64. The highest BCUT2D eigenvalue weighted by Gasteiger charge is 2.13. The number of amides is 1. The molecule has 8 nitrogen and oxygen atoms in total. The lowest BCUT2D eigenvalue weighted by Crippen LogP contribution is -2.27. The maximum atomic E-state index is 12.8. The molecular formula is C23H27N7O. The standard InChI is InChI=1S/C23H27N7O/c1-14-8-9-18(23(31)28-19-7-5-6-17(10-19)15(2)24)11-22(14)30(26)13-21(25)20-12-27-29(4)16(20)3/h5-13H,2,24-26H2,1,3-4H3,(H,28,31)/b21-13-. The van der Waals surface area contributed by atoms with Gasteiger partial charge in [-0.05, 0) is 49.2 Å². The Kier molecular flexibility index (Phi) is 6.12. The highest BCUT2D eigenvalue weighted by molar-refractivity contribution is 6.05. The Morgan fingerprint density at radius 2 is 1.90 bits per heavy atom. The van der Waals surface area contributed by atoms with Crippen molar-refractivity contribution in [3.8, 4) is 0 Å². The molecule has 160 valence electrons. The number of carbonyl (C=O) groups excluding carboxylic acids is 1. The summed E-state index contributed by atoms with van der Waals surface area (Å²) in [5.41, 5.74) is 18.0. The molecule has 3 aromatic rings. The van der Waals surface area contributed by atoms with Crippen LogP contribution in [-0.4, -0.2) is 15.7 Å². The molecule has 1 heterocycles. The van der Waals surface area contributed by atoms with Crippen LogP contribution in [0.1, 0.15) is 32.7 Å². The Bertz CT molecular complexity index is 1180. The number of hydrazine groups is 1. The molecule has 1 amide bonds.